The van der Waals surface area contributed by atoms with Gasteiger partial charge < -0.3 is 4.74 Å². The third-order valence-corrected chi connectivity index (χ3v) is 1.90. The number of hydrogen-bond acceptors (Lipinski definition) is 3. The predicted octanol–water partition coefficient (Wildman–Crippen LogP) is 1.78. The van der Waals surface area contributed by atoms with Gasteiger partial charge in [0.15, 0.2) is 0 Å². The smallest absolute Gasteiger partial charge is 0.338 e. The molecule has 0 N–H and O–H groups in total. The monoisotopic (exact) mass is 277 g/mol. The van der Waals surface area contributed by atoms with Crippen LogP contribution in [-0.4, -0.2) is 18.1 Å². The summed E-state index contributed by atoms with van der Waals surface area (Å²) in [7, 11) is 1.37. The van der Waals surface area contributed by atoms with Gasteiger partial charge in [-0.25, -0.2) is 9.78 Å². The highest BCUT2D eigenvalue weighted by Crippen LogP contribution is 2.08. The molecule has 12 heavy (non-hydrogen) atoms. The number of carbonyl (C=O) groups is 1. The summed E-state index contributed by atoms with van der Waals surface area (Å²) in [5, 5.41) is 0. The van der Waals surface area contributed by atoms with Crippen LogP contribution in [0.25, 0.3) is 0 Å². The van der Waals surface area contributed by atoms with Crippen LogP contribution in [0.15, 0.2) is 12.1 Å². The van der Waals surface area contributed by atoms with Crippen LogP contribution >= 0.6 is 22.6 Å². The molecule has 1 aromatic heterocycles. The minimum absolute atomic E-state index is 0.321. The summed E-state index contributed by atoms with van der Waals surface area (Å²) < 4.78 is 5.38. The molecule has 1 heterocycles. The molecule has 0 aromatic carbocycles. The molecular weight excluding hydrogens is 269 g/mol. The lowest BCUT2D eigenvalue weighted by atomic mass is 10.2. The number of aromatic nitrogens is 1. The molecule has 4 heteroatoms. The van der Waals surface area contributed by atoms with Gasteiger partial charge in [-0.2, -0.15) is 0 Å². The first-order valence-corrected chi connectivity index (χ1v) is 4.44. The molecule has 0 amide bonds. The first kappa shape index (κ1) is 9.44. The van der Waals surface area contributed by atoms with Gasteiger partial charge in [-0.15, -0.1) is 0 Å². The second kappa shape index (κ2) is 3.84. The number of ether oxygens (including phenoxy) is 1. The van der Waals surface area contributed by atoms with Crippen LogP contribution in [0.5, 0.6) is 0 Å². The van der Waals surface area contributed by atoms with Crippen molar-refractivity contribution in [1.29, 1.82) is 0 Å². The van der Waals surface area contributed by atoms with Crippen LogP contribution in [0.1, 0.15) is 16.1 Å². The van der Waals surface area contributed by atoms with Gasteiger partial charge in [-0.1, -0.05) is 0 Å². The molecule has 0 radical (unpaired) electrons. The molecule has 0 saturated heterocycles. The molecule has 0 spiro atoms. The van der Waals surface area contributed by atoms with Crippen molar-refractivity contribution < 1.29 is 9.53 Å². The molecule has 3 nitrogen and oxygen atoms in total. The van der Waals surface area contributed by atoms with E-state index in [0.29, 0.717) is 5.56 Å². The van der Waals surface area contributed by atoms with Crippen molar-refractivity contribution in [3.63, 3.8) is 0 Å². The molecule has 64 valence electrons. The lowest BCUT2D eigenvalue weighted by Crippen LogP contribution is -2.03. The quantitative estimate of drug-likeness (QED) is 0.446. The Labute approximate surface area is 84.3 Å². The van der Waals surface area contributed by atoms with E-state index in [0.717, 1.165) is 9.39 Å². The van der Waals surface area contributed by atoms with E-state index >= 15 is 0 Å². The Balaban J connectivity index is 3.08. The second-order valence-corrected chi connectivity index (χ2v) is 3.42. The number of carbonyl (C=O) groups excluding carboxylic acids is 1. The summed E-state index contributed by atoms with van der Waals surface area (Å²) in [6.45, 7) is 1.84. The maximum absolute atomic E-state index is 11.1. The third kappa shape index (κ3) is 2.17. The predicted molar refractivity (Wildman–Crippen MR) is 53.0 cm³/mol. The Morgan fingerprint density at radius 2 is 2.25 bits per heavy atom. The second-order valence-electron chi connectivity index (χ2n) is 2.31. The third-order valence-electron chi connectivity index (χ3n) is 1.34. The summed E-state index contributed by atoms with van der Waals surface area (Å²) in [4.78, 5) is 15.2. The van der Waals surface area contributed by atoms with Crippen LogP contribution in [0.4, 0.5) is 0 Å². The lowest BCUT2D eigenvalue weighted by Gasteiger charge is -2.00. The van der Waals surface area contributed by atoms with Crippen molar-refractivity contribution in [3.8, 4) is 0 Å². The molecule has 0 unspecified atom stereocenters. The fourth-order valence-corrected chi connectivity index (χ4v) is 1.58. The van der Waals surface area contributed by atoms with E-state index in [4.69, 9.17) is 0 Å². The van der Waals surface area contributed by atoms with Crippen molar-refractivity contribution in [2.45, 2.75) is 6.92 Å². The van der Waals surface area contributed by atoms with Crippen molar-refractivity contribution in [2.75, 3.05) is 7.11 Å². The number of esters is 1. The number of halogens is 1. The number of aryl methyl sites for hydroxylation is 1. The van der Waals surface area contributed by atoms with Crippen LogP contribution in [0.3, 0.4) is 0 Å². The van der Waals surface area contributed by atoms with Crippen LogP contribution < -0.4 is 0 Å². The van der Waals surface area contributed by atoms with Gasteiger partial charge in [0.25, 0.3) is 0 Å². The van der Waals surface area contributed by atoms with Crippen molar-refractivity contribution in [1.82, 2.24) is 4.98 Å². The Kier molecular flexibility index (Phi) is 3.02. The normalized spacial score (nSPS) is 9.58. The molecule has 0 saturated carbocycles. The molecule has 0 aliphatic heterocycles. The first-order chi connectivity index (χ1) is 5.63. The van der Waals surface area contributed by atoms with Crippen LogP contribution in [0, 0.1) is 10.6 Å². The number of methoxy groups -OCH3 is 1. The van der Waals surface area contributed by atoms with Gasteiger partial charge in [-0.3, -0.25) is 0 Å². The summed E-state index contributed by atoms with van der Waals surface area (Å²) in [5.74, 6) is -0.321. The molecule has 0 bridgehead atoms. The van der Waals surface area contributed by atoms with Gasteiger partial charge in [-0.05, 0) is 41.6 Å². The Hall–Kier alpha value is -0.650. The van der Waals surface area contributed by atoms with Crippen LogP contribution in [-0.2, 0) is 4.74 Å². The summed E-state index contributed by atoms with van der Waals surface area (Å²) >= 11 is 2.06. The summed E-state index contributed by atoms with van der Waals surface area (Å²) in [5.41, 5.74) is 1.37. The molecular formula is C8H8INO2. The number of hydrogen-bond donors (Lipinski definition) is 0. The summed E-state index contributed by atoms with van der Waals surface area (Å²) in [6.07, 6.45) is 0. The molecule has 0 aliphatic carbocycles. The topological polar surface area (TPSA) is 39.2 Å². The zero-order valence-electron chi connectivity index (χ0n) is 6.80. The van der Waals surface area contributed by atoms with E-state index in [9.17, 15) is 4.79 Å². The van der Waals surface area contributed by atoms with Crippen molar-refractivity contribution in [3.05, 3.63) is 27.1 Å². The number of pyridine rings is 1. The highest BCUT2D eigenvalue weighted by molar-refractivity contribution is 14.1. The Morgan fingerprint density at radius 3 is 2.75 bits per heavy atom. The van der Waals surface area contributed by atoms with Gasteiger partial charge in [0.05, 0.1) is 12.7 Å². The number of rotatable bonds is 1. The number of nitrogens with zero attached hydrogens (tertiary/aromatic N) is 1. The molecule has 0 atom stereocenters. The minimum atomic E-state index is -0.321. The zero-order valence-corrected chi connectivity index (χ0v) is 8.95. The largest absolute Gasteiger partial charge is 0.465 e. The SMILES string of the molecule is COC(=O)c1cc(C)nc(I)c1. The van der Waals surface area contributed by atoms with Gasteiger partial charge in [0.2, 0.25) is 0 Å². The fourth-order valence-electron chi connectivity index (χ4n) is 0.864. The molecule has 0 fully saturated rings. The Morgan fingerprint density at radius 1 is 1.58 bits per heavy atom. The highest BCUT2D eigenvalue weighted by atomic mass is 127. The van der Waals surface area contributed by atoms with Gasteiger partial charge in [0.1, 0.15) is 3.70 Å². The molecule has 1 rings (SSSR count). The average Bonchev–Trinajstić information content (AvgIpc) is 2.01. The molecule has 1 aromatic rings. The van der Waals surface area contributed by atoms with E-state index in [2.05, 4.69) is 32.3 Å². The maximum atomic E-state index is 11.1. The standard InChI is InChI=1S/C8H8INO2/c1-5-3-6(8(11)12-2)4-7(9)10-5/h3-4H,1-2H3. The maximum Gasteiger partial charge on any atom is 0.338 e. The van der Waals surface area contributed by atoms with E-state index in [-0.39, 0.29) is 5.97 Å². The molecule has 0 aliphatic rings. The first-order valence-electron chi connectivity index (χ1n) is 3.36. The summed E-state index contributed by atoms with van der Waals surface area (Å²) in [6, 6.07) is 3.40. The average molecular weight is 277 g/mol. The van der Waals surface area contributed by atoms with Crippen LogP contribution in [0.2, 0.25) is 0 Å². The zero-order chi connectivity index (χ0) is 9.14. The van der Waals surface area contributed by atoms with E-state index in [1.165, 1.54) is 7.11 Å². The van der Waals surface area contributed by atoms with Crippen molar-refractivity contribution in [2.24, 2.45) is 0 Å². The highest BCUT2D eigenvalue weighted by Gasteiger charge is 2.06. The lowest BCUT2D eigenvalue weighted by molar-refractivity contribution is 0.0600. The van der Waals surface area contributed by atoms with E-state index < -0.39 is 0 Å². The van der Waals surface area contributed by atoms with E-state index in [1.807, 2.05) is 6.92 Å². The fraction of sp³-hybridized carbons (Fsp3) is 0.250. The minimum Gasteiger partial charge on any atom is -0.465 e. The Bertz CT molecular complexity index is 292. The van der Waals surface area contributed by atoms with Gasteiger partial charge >= 0.3 is 5.97 Å². The van der Waals surface area contributed by atoms with Gasteiger partial charge in [0, 0.05) is 5.69 Å². The van der Waals surface area contributed by atoms with E-state index in [1.54, 1.807) is 12.1 Å². The van der Waals surface area contributed by atoms with Crippen molar-refractivity contribution >= 4 is 28.6 Å².